The lowest BCUT2D eigenvalue weighted by Gasteiger charge is -2.13. The minimum Gasteiger partial charge on any atom is -0.404 e. The number of nitrogens with two attached hydrogens (primary N) is 1. The molecule has 0 spiro atoms. The van der Waals surface area contributed by atoms with Crippen LogP contribution in [0.15, 0.2) is 58.0 Å². The molecule has 3 aromatic rings. The molecule has 0 atom stereocenters. The Labute approximate surface area is 185 Å². The van der Waals surface area contributed by atoms with Crippen molar-refractivity contribution in [1.82, 2.24) is 10.1 Å². The van der Waals surface area contributed by atoms with Gasteiger partial charge in [0.25, 0.3) is 0 Å². The van der Waals surface area contributed by atoms with Crippen LogP contribution in [0.5, 0.6) is 5.75 Å². The van der Waals surface area contributed by atoms with E-state index in [0.717, 1.165) is 6.07 Å². The predicted molar refractivity (Wildman–Crippen MR) is 112 cm³/mol. The molecule has 0 amide bonds. The van der Waals surface area contributed by atoms with Crippen LogP contribution < -0.4 is 15.8 Å². The monoisotopic (exact) mass is 539 g/mol. The highest BCUT2D eigenvalue weighted by Crippen LogP contribution is 2.29. The summed E-state index contributed by atoms with van der Waals surface area (Å²) in [5.41, 5.74) is 6.39. The summed E-state index contributed by atoms with van der Waals surface area (Å²) < 4.78 is 46.4. The van der Waals surface area contributed by atoms with Gasteiger partial charge in [0.15, 0.2) is 11.7 Å². The van der Waals surface area contributed by atoms with Crippen LogP contribution in [-0.2, 0) is 6.54 Å². The SMILES string of the molecule is I.NC(=NCc1nc(-c2cccc(Cl)c2)no1)Nc1ccccc1OC(F)(F)F. The molecule has 0 aliphatic rings. The maximum Gasteiger partial charge on any atom is 0.573 e. The Morgan fingerprint density at radius 3 is 2.69 bits per heavy atom. The van der Waals surface area contributed by atoms with Crippen molar-refractivity contribution in [2.24, 2.45) is 10.7 Å². The molecular formula is C17H14ClF3IN5O2. The van der Waals surface area contributed by atoms with Gasteiger partial charge in [-0.05, 0) is 24.3 Å². The van der Waals surface area contributed by atoms with Gasteiger partial charge in [-0.2, -0.15) is 4.98 Å². The van der Waals surface area contributed by atoms with Crippen molar-refractivity contribution in [3.8, 4) is 17.1 Å². The number of para-hydroxylation sites is 2. The number of guanidine groups is 1. The molecule has 1 aromatic heterocycles. The van der Waals surface area contributed by atoms with Crippen LogP contribution in [0, 0.1) is 0 Å². The quantitative estimate of drug-likeness (QED) is 0.274. The molecule has 0 saturated carbocycles. The van der Waals surface area contributed by atoms with Gasteiger partial charge in [0.2, 0.25) is 11.7 Å². The van der Waals surface area contributed by atoms with E-state index in [9.17, 15) is 13.2 Å². The number of rotatable bonds is 5. The van der Waals surface area contributed by atoms with Gasteiger partial charge in [0, 0.05) is 10.6 Å². The zero-order valence-corrected chi connectivity index (χ0v) is 17.6. The number of anilines is 1. The second-order valence-electron chi connectivity index (χ2n) is 5.39. The van der Waals surface area contributed by atoms with E-state index < -0.39 is 12.1 Å². The van der Waals surface area contributed by atoms with E-state index in [4.69, 9.17) is 21.9 Å². The highest BCUT2D eigenvalue weighted by atomic mass is 127. The molecule has 0 fully saturated rings. The zero-order chi connectivity index (χ0) is 20.1. The summed E-state index contributed by atoms with van der Waals surface area (Å²) in [6, 6.07) is 12.3. The van der Waals surface area contributed by atoms with Crippen LogP contribution in [0.3, 0.4) is 0 Å². The van der Waals surface area contributed by atoms with E-state index in [-0.39, 0.29) is 48.1 Å². The fraction of sp³-hybridized carbons (Fsp3) is 0.118. The lowest BCUT2D eigenvalue weighted by Crippen LogP contribution is -2.24. The molecule has 0 unspecified atom stereocenters. The van der Waals surface area contributed by atoms with E-state index in [1.165, 1.54) is 18.2 Å². The summed E-state index contributed by atoms with van der Waals surface area (Å²) in [5.74, 6) is -0.0994. The first-order valence-corrected chi connectivity index (χ1v) is 8.18. The second kappa shape index (κ2) is 9.78. The molecule has 3 rings (SSSR count). The standard InChI is InChI=1S/C17H13ClF3N5O2.HI/c18-11-5-3-4-10(8-11)15-25-14(28-26-15)9-23-16(22)24-12-6-1-2-7-13(12)27-17(19,20)21;/h1-8H,9H2,(H3,22,23,24);1H. The molecule has 29 heavy (non-hydrogen) atoms. The Balaban J connectivity index is 0.00000300. The van der Waals surface area contributed by atoms with Gasteiger partial charge in [0.1, 0.15) is 6.54 Å². The number of aliphatic imine (C=N–C) groups is 1. The van der Waals surface area contributed by atoms with Crippen molar-refractivity contribution in [1.29, 1.82) is 0 Å². The summed E-state index contributed by atoms with van der Waals surface area (Å²) in [6.07, 6.45) is -4.83. The molecule has 2 aromatic carbocycles. The molecule has 7 nitrogen and oxygen atoms in total. The van der Waals surface area contributed by atoms with Crippen molar-refractivity contribution in [2.75, 3.05) is 5.32 Å². The molecule has 0 radical (unpaired) electrons. The first-order chi connectivity index (χ1) is 13.3. The number of hydrogen-bond acceptors (Lipinski definition) is 5. The number of benzene rings is 2. The summed E-state index contributed by atoms with van der Waals surface area (Å²) in [7, 11) is 0. The Hall–Kier alpha value is -2.54. The molecule has 0 aliphatic heterocycles. The number of alkyl halides is 3. The topological polar surface area (TPSA) is 98.6 Å². The molecule has 3 N–H and O–H groups in total. The number of halogens is 5. The summed E-state index contributed by atoms with van der Waals surface area (Å²) >= 11 is 5.92. The van der Waals surface area contributed by atoms with E-state index in [1.54, 1.807) is 24.3 Å². The maximum absolute atomic E-state index is 12.4. The van der Waals surface area contributed by atoms with Crippen molar-refractivity contribution in [2.45, 2.75) is 12.9 Å². The van der Waals surface area contributed by atoms with Gasteiger partial charge >= 0.3 is 6.36 Å². The van der Waals surface area contributed by atoms with E-state index in [0.29, 0.717) is 16.4 Å². The van der Waals surface area contributed by atoms with Crippen LogP contribution in [0.1, 0.15) is 5.89 Å². The predicted octanol–water partition coefficient (Wildman–Crippen LogP) is 4.83. The van der Waals surface area contributed by atoms with Crippen LogP contribution in [0.2, 0.25) is 5.02 Å². The number of nitrogens with zero attached hydrogens (tertiary/aromatic N) is 3. The molecule has 0 saturated heterocycles. The Morgan fingerprint density at radius 2 is 1.97 bits per heavy atom. The molecule has 0 aliphatic carbocycles. The third-order valence-corrected chi connectivity index (χ3v) is 3.55. The normalized spacial score (nSPS) is 11.7. The summed E-state index contributed by atoms with van der Waals surface area (Å²) in [4.78, 5) is 8.14. The van der Waals surface area contributed by atoms with Crippen LogP contribution >= 0.6 is 35.6 Å². The summed E-state index contributed by atoms with van der Waals surface area (Å²) in [5, 5.41) is 6.89. The molecule has 0 bridgehead atoms. The largest absolute Gasteiger partial charge is 0.573 e. The Morgan fingerprint density at radius 1 is 1.21 bits per heavy atom. The van der Waals surface area contributed by atoms with Crippen molar-refractivity contribution >= 4 is 47.2 Å². The average Bonchev–Trinajstić information content (AvgIpc) is 3.10. The molecular weight excluding hydrogens is 526 g/mol. The highest BCUT2D eigenvalue weighted by molar-refractivity contribution is 14.0. The minimum absolute atomic E-state index is 0. The van der Waals surface area contributed by atoms with E-state index >= 15 is 0 Å². The summed E-state index contributed by atoms with van der Waals surface area (Å²) in [6.45, 7) is -0.0747. The van der Waals surface area contributed by atoms with Gasteiger partial charge in [0.05, 0.1) is 5.69 Å². The first kappa shape index (κ1) is 22.7. The van der Waals surface area contributed by atoms with Crippen molar-refractivity contribution in [3.05, 3.63) is 59.4 Å². The van der Waals surface area contributed by atoms with Crippen molar-refractivity contribution < 1.29 is 22.4 Å². The number of ether oxygens (including phenoxy) is 1. The second-order valence-corrected chi connectivity index (χ2v) is 5.83. The third-order valence-electron chi connectivity index (χ3n) is 3.31. The molecule has 12 heteroatoms. The van der Waals surface area contributed by atoms with Gasteiger partial charge in [-0.15, -0.1) is 37.1 Å². The van der Waals surface area contributed by atoms with Crippen LogP contribution in [0.25, 0.3) is 11.4 Å². The lowest BCUT2D eigenvalue weighted by atomic mass is 10.2. The maximum atomic E-state index is 12.4. The fourth-order valence-corrected chi connectivity index (χ4v) is 2.37. The average molecular weight is 540 g/mol. The smallest absolute Gasteiger partial charge is 0.404 e. The highest BCUT2D eigenvalue weighted by Gasteiger charge is 2.32. The van der Waals surface area contributed by atoms with E-state index in [1.807, 2.05) is 0 Å². The number of aromatic nitrogens is 2. The zero-order valence-electron chi connectivity index (χ0n) is 14.5. The minimum atomic E-state index is -4.83. The van der Waals surface area contributed by atoms with Gasteiger partial charge in [-0.3, -0.25) is 0 Å². The van der Waals surface area contributed by atoms with Crippen molar-refractivity contribution in [3.63, 3.8) is 0 Å². The Kier molecular flexibility index (Phi) is 7.67. The van der Waals surface area contributed by atoms with E-state index in [2.05, 4.69) is 25.2 Å². The number of nitrogens with one attached hydrogen (secondary N) is 1. The fourth-order valence-electron chi connectivity index (χ4n) is 2.18. The van der Waals surface area contributed by atoms with Gasteiger partial charge < -0.3 is 20.3 Å². The van der Waals surface area contributed by atoms with Crippen LogP contribution in [0.4, 0.5) is 18.9 Å². The van der Waals surface area contributed by atoms with Gasteiger partial charge in [-0.1, -0.05) is 41.0 Å². The third kappa shape index (κ3) is 6.78. The molecule has 1 heterocycles. The Bertz CT molecular complexity index is 997. The number of hydrogen-bond donors (Lipinski definition) is 2. The molecule has 154 valence electrons. The van der Waals surface area contributed by atoms with Crippen LogP contribution in [-0.4, -0.2) is 22.5 Å². The van der Waals surface area contributed by atoms with Gasteiger partial charge in [-0.25, -0.2) is 4.99 Å². The lowest BCUT2D eigenvalue weighted by molar-refractivity contribution is -0.274. The first-order valence-electron chi connectivity index (χ1n) is 7.80.